The molecule has 0 fully saturated rings. The van der Waals surface area contributed by atoms with Gasteiger partial charge in [0.15, 0.2) is 0 Å². The van der Waals surface area contributed by atoms with Crippen LogP contribution in [0.4, 0.5) is 0 Å². The van der Waals surface area contributed by atoms with Crippen LogP contribution < -0.4 is 14.8 Å². The number of H-pyrrole nitrogens is 1. The van der Waals surface area contributed by atoms with Crippen molar-refractivity contribution in [2.45, 2.75) is 19.5 Å². The zero-order valence-electron chi connectivity index (χ0n) is 11.2. The minimum atomic E-state index is 0.147. The van der Waals surface area contributed by atoms with Crippen LogP contribution >= 0.6 is 0 Å². The average molecular weight is 263 g/mol. The molecule has 0 aliphatic heterocycles. The molecule has 0 bridgehead atoms. The van der Waals surface area contributed by atoms with Crippen LogP contribution in [-0.4, -0.2) is 34.4 Å². The lowest BCUT2D eigenvalue weighted by Crippen LogP contribution is -2.19. The van der Waals surface area contributed by atoms with Crippen LogP contribution in [-0.2, 0) is 6.54 Å². The van der Waals surface area contributed by atoms with Gasteiger partial charge in [-0.2, -0.15) is 5.10 Å². The lowest BCUT2D eigenvalue weighted by atomic mass is 10.2. The van der Waals surface area contributed by atoms with Crippen molar-refractivity contribution in [2.75, 3.05) is 14.2 Å². The van der Waals surface area contributed by atoms with Gasteiger partial charge in [-0.05, 0) is 6.92 Å². The third-order valence-corrected chi connectivity index (χ3v) is 2.86. The Morgan fingerprint density at radius 2 is 1.95 bits per heavy atom. The predicted molar refractivity (Wildman–Crippen MR) is 69.0 cm³/mol. The van der Waals surface area contributed by atoms with Gasteiger partial charge in [-0.15, -0.1) is 0 Å². The van der Waals surface area contributed by atoms with E-state index in [1.165, 1.54) is 6.33 Å². The molecule has 0 aliphatic carbocycles. The fourth-order valence-corrected chi connectivity index (χ4v) is 1.75. The summed E-state index contributed by atoms with van der Waals surface area (Å²) in [5, 5.41) is 10.1. The molecule has 2 aromatic rings. The Balaban J connectivity index is 2.10. The minimum Gasteiger partial charge on any atom is -0.481 e. The van der Waals surface area contributed by atoms with Gasteiger partial charge >= 0.3 is 0 Å². The number of nitrogens with zero attached hydrogens (tertiary/aromatic N) is 3. The zero-order chi connectivity index (χ0) is 13.7. The fourth-order valence-electron chi connectivity index (χ4n) is 1.75. The lowest BCUT2D eigenvalue weighted by molar-refractivity contribution is 0.357. The number of aromatic amines is 1. The van der Waals surface area contributed by atoms with E-state index >= 15 is 0 Å². The Labute approximate surface area is 111 Å². The van der Waals surface area contributed by atoms with Gasteiger partial charge in [0.1, 0.15) is 6.33 Å². The van der Waals surface area contributed by atoms with Crippen molar-refractivity contribution in [3.8, 4) is 11.8 Å². The molecule has 0 saturated carbocycles. The molecule has 0 amide bonds. The zero-order valence-corrected chi connectivity index (χ0v) is 11.2. The number of hydrogen-bond acceptors (Lipinski definition) is 6. The quantitative estimate of drug-likeness (QED) is 0.811. The van der Waals surface area contributed by atoms with Gasteiger partial charge in [0.25, 0.3) is 0 Å². The first kappa shape index (κ1) is 13.3. The van der Waals surface area contributed by atoms with Gasteiger partial charge in [0, 0.05) is 24.3 Å². The van der Waals surface area contributed by atoms with E-state index in [1.54, 1.807) is 20.4 Å². The summed E-state index contributed by atoms with van der Waals surface area (Å²) in [5.41, 5.74) is 1.87. The third kappa shape index (κ3) is 3.00. The highest BCUT2D eigenvalue weighted by atomic mass is 16.5. The highest BCUT2D eigenvalue weighted by Gasteiger charge is 2.14. The summed E-state index contributed by atoms with van der Waals surface area (Å²) in [6.45, 7) is 2.59. The van der Waals surface area contributed by atoms with E-state index in [1.807, 2.05) is 13.1 Å². The van der Waals surface area contributed by atoms with E-state index in [0.717, 1.165) is 11.1 Å². The largest absolute Gasteiger partial charge is 0.481 e. The molecule has 2 N–H and O–H groups in total. The molecule has 7 nitrogen and oxygen atoms in total. The maximum Gasteiger partial charge on any atom is 0.224 e. The van der Waals surface area contributed by atoms with Gasteiger partial charge in [0.05, 0.1) is 26.0 Å². The summed E-state index contributed by atoms with van der Waals surface area (Å²) in [7, 11) is 3.15. The van der Waals surface area contributed by atoms with E-state index in [9.17, 15) is 0 Å². The summed E-state index contributed by atoms with van der Waals surface area (Å²) in [5.74, 6) is 1.03. The van der Waals surface area contributed by atoms with Crippen LogP contribution in [0.5, 0.6) is 11.8 Å². The van der Waals surface area contributed by atoms with Crippen molar-refractivity contribution in [1.29, 1.82) is 0 Å². The first-order valence-electron chi connectivity index (χ1n) is 5.90. The first-order chi connectivity index (χ1) is 9.26. The second-order valence-corrected chi connectivity index (χ2v) is 4.01. The van der Waals surface area contributed by atoms with E-state index in [-0.39, 0.29) is 6.04 Å². The molecule has 0 radical (unpaired) electrons. The monoisotopic (exact) mass is 263 g/mol. The highest BCUT2D eigenvalue weighted by molar-refractivity contribution is 5.34. The molecule has 0 spiro atoms. The second kappa shape index (κ2) is 6.14. The summed E-state index contributed by atoms with van der Waals surface area (Å²) in [6.07, 6.45) is 5.06. The van der Waals surface area contributed by atoms with Gasteiger partial charge in [0.2, 0.25) is 11.8 Å². The van der Waals surface area contributed by atoms with E-state index in [4.69, 9.17) is 9.47 Å². The molecule has 1 atom stereocenters. The van der Waals surface area contributed by atoms with Gasteiger partial charge in [-0.25, -0.2) is 9.97 Å². The van der Waals surface area contributed by atoms with Gasteiger partial charge < -0.3 is 14.8 Å². The summed E-state index contributed by atoms with van der Waals surface area (Å²) < 4.78 is 10.4. The highest BCUT2D eigenvalue weighted by Crippen LogP contribution is 2.24. The van der Waals surface area contributed by atoms with Crippen molar-refractivity contribution >= 4 is 0 Å². The van der Waals surface area contributed by atoms with Crippen molar-refractivity contribution in [1.82, 2.24) is 25.5 Å². The van der Waals surface area contributed by atoms with Crippen LogP contribution in [0.1, 0.15) is 24.1 Å². The normalized spacial score (nSPS) is 12.2. The smallest absolute Gasteiger partial charge is 0.224 e. The standard InChI is InChI=1S/C12H17N5O2/c1-8(9-4-16-17-5-9)13-6-10-11(18-2)14-7-15-12(10)19-3/h4-5,7-8,13H,6H2,1-3H3,(H,16,17). The van der Waals surface area contributed by atoms with Crippen molar-refractivity contribution in [3.05, 3.63) is 29.8 Å². The maximum absolute atomic E-state index is 5.22. The fraction of sp³-hybridized carbons (Fsp3) is 0.417. The average Bonchev–Trinajstić information content (AvgIpc) is 2.98. The summed E-state index contributed by atoms with van der Waals surface area (Å²) >= 11 is 0. The SMILES string of the molecule is COc1ncnc(OC)c1CNC(C)c1cn[nH]c1. The van der Waals surface area contributed by atoms with E-state index in [2.05, 4.69) is 25.5 Å². The van der Waals surface area contributed by atoms with Crippen LogP contribution in [0.3, 0.4) is 0 Å². The molecule has 19 heavy (non-hydrogen) atoms. The molecule has 102 valence electrons. The molecule has 7 heteroatoms. The minimum absolute atomic E-state index is 0.147. The first-order valence-corrected chi connectivity index (χ1v) is 5.90. The van der Waals surface area contributed by atoms with Crippen LogP contribution in [0, 0.1) is 0 Å². The Morgan fingerprint density at radius 1 is 1.26 bits per heavy atom. The van der Waals surface area contributed by atoms with E-state index in [0.29, 0.717) is 18.3 Å². The lowest BCUT2D eigenvalue weighted by Gasteiger charge is -2.15. The molecule has 0 saturated heterocycles. The van der Waals surface area contributed by atoms with Crippen LogP contribution in [0.2, 0.25) is 0 Å². The number of aromatic nitrogens is 4. The number of hydrogen-bond donors (Lipinski definition) is 2. The maximum atomic E-state index is 5.22. The molecule has 2 aromatic heterocycles. The molecule has 0 aromatic carbocycles. The summed E-state index contributed by atoms with van der Waals surface area (Å²) in [6, 6.07) is 0.147. The predicted octanol–water partition coefficient (Wildman–Crippen LogP) is 1.07. The van der Waals surface area contributed by atoms with Gasteiger partial charge in [-0.1, -0.05) is 0 Å². The number of rotatable bonds is 6. The summed E-state index contributed by atoms with van der Waals surface area (Å²) in [4.78, 5) is 8.15. The Morgan fingerprint density at radius 3 is 2.47 bits per heavy atom. The van der Waals surface area contributed by atoms with Crippen molar-refractivity contribution in [2.24, 2.45) is 0 Å². The molecular formula is C12H17N5O2. The van der Waals surface area contributed by atoms with Crippen LogP contribution in [0.25, 0.3) is 0 Å². The number of methoxy groups -OCH3 is 2. The number of nitrogens with one attached hydrogen (secondary N) is 2. The molecule has 1 unspecified atom stereocenters. The van der Waals surface area contributed by atoms with Crippen LogP contribution in [0.15, 0.2) is 18.7 Å². The molecular weight excluding hydrogens is 246 g/mol. The Kier molecular flexibility index (Phi) is 4.30. The van der Waals surface area contributed by atoms with Crippen molar-refractivity contribution in [3.63, 3.8) is 0 Å². The second-order valence-electron chi connectivity index (χ2n) is 4.01. The number of ether oxygens (including phenoxy) is 2. The third-order valence-electron chi connectivity index (χ3n) is 2.86. The molecule has 2 rings (SSSR count). The molecule has 0 aliphatic rings. The Bertz CT molecular complexity index is 493. The van der Waals surface area contributed by atoms with Gasteiger partial charge in [-0.3, -0.25) is 5.10 Å². The van der Waals surface area contributed by atoms with Crippen molar-refractivity contribution < 1.29 is 9.47 Å². The topological polar surface area (TPSA) is 85.0 Å². The Hall–Kier alpha value is -2.15. The van der Waals surface area contributed by atoms with E-state index < -0.39 is 0 Å². The molecule has 2 heterocycles.